The molecule has 2 amide bonds. The summed E-state index contributed by atoms with van der Waals surface area (Å²) in [6.07, 6.45) is 0. The number of halogens is 1. The summed E-state index contributed by atoms with van der Waals surface area (Å²) in [6, 6.07) is 6.65. The maximum Gasteiger partial charge on any atom is 0.237 e. The number of nitrogens with two attached hydrogens (primary N) is 1. The third-order valence-corrected chi connectivity index (χ3v) is 2.48. The molecule has 0 radical (unpaired) electrons. The van der Waals surface area contributed by atoms with E-state index in [1.807, 2.05) is 25.1 Å². The minimum atomic E-state index is -0.536. The zero-order valence-electron chi connectivity index (χ0n) is 11.3. The van der Waals surface area contributed by atoms with Crippen LogP contribution in [0.3, 0.4) is 0 Å². The van der Waals surface area contributed by atoms with Gasteiger partial charge in [0, 0.05) is 12.6 Å². The van der Waals surface area contributed by atoms with E-state index in [2.05, 4.69) is 10.6 Å². The van der Waals surface area contributed by atoms with E-state index in [0.29, 0.717) is 5.69 Å². The molecular weight excluding hydrogens is 266 g/mol. The van der Waals surface area contributed by atoms with Gasteiger partial charge in [-0.25, -0.2) is 0 Å². The summed E-state index contributed by atoms with van der Waals surface area (Å²) in [7, 11) is 0. The molecule has 0 saturated carbocycles. The zero-order valence-corrected chi connectivity index (χ0v) is 12.1. The van der Waals surface area contributed by atoms with Crippen LogP contribution in [0.2, 0.25) is 0 Å². The summed E-state index contributed by atoms with van der Waals surface area (Å²) in [4.78, 5) is 22.4. The van der Waals surface area contributed by atoms with Crippen molar-refractivity contribution >= 4 is 29.9 Å². The standard InChI is InChI=1S/C13H19N3O2.ClH/c1-8(14)13(18)15-9(2)11-5-4-6-12(7-11)16-10(3)17;/h4-9H,14H2,1-3H3,(H,15,18)(H,16,17);1H/t8-,9?;/m1./s1. The van der Waals surface area contributed by atoms with E-state index in [1.165, 1.54) is 6.92 Å². The number of hydrogen-bond donors (Lipinski definition) is 3. The molecule has 1 aromatic carbocycles. The lowest BCUT2D eigenvalue weighted by Gasteiger charge is -2.16. The molecule has 0 aliphatic rings. The minimum absolute atomic E-state index is 0. The second kappa shape index (κ2) is 7.76. The Kier molecular flexibility index (Phi) is 7.11. The fraction of sp³-hybridized carbons (Fsp3) is 0.385. The van der Waals surface area contributed by atoms with Gasteiger partial charge in [0.15, 0.2) is 0 Å². The average molecular weight is 286 g/mol. The lowest BCUT2D eigenvalue weighted by atomic mass is 10.1. The van der Waals surface area contributed by atoms with Crippen molar-refractivity contribution in [2.45, 2.75) is 32.9 Å². The molecule has 1 aromatic rings. The van der Waals surface area contributed by atoms with Crippen LogP contribution in [0.4, 0.5) is 5.69 Å². The van der Waals surface area contributed by atoms with Gasteiger partial charge in [-0.3, -0.25) is 9.59 Å². The van der Waals surface area contributed by atoms with Crippen LogP contribution in [0.25, 0.3) is 0 Å². The van der Waals surface area contributed by atoms with Gasteiger partial charge < -0.3 is 16.4 Å². The molecule has 0 aliphatic heterocycles. The topological polar surface area (TPSA) is 84.2 Å². The van der Waals surface area contributed by atoms with Gasteiger partial charge in [0.1, 0.15) is 0 Å². The highest BCUT2D eigenvalue weighted by Gasteiger charge is 2.12. The fourth-order valence-electron chi connectivity index (χ4n) is 1.52. The molecule has 0 aliphatic carbocycles. The van der Waals surface area contributed by atoms with Crippen molar-refractivity contribution < 1.29 is 9.59 Å². The van der Waals surface area contributed by atoms with Crippen LogP contribution < -0.4 is 16.4 Å². The largest absolute Gasteiger partial charge is 0.348 e. The Morgan fingerprint density at radius 2 is 1.89 bits per heavy atom. The Hall–Kier alpha value is -1.59. The highest BCUT2D eigenvalue weighted by molar-refractivity contribution is 5.88. The van der Waals surface area contributed by atoms with Crippen LogP contribution >= 0.6 is 12.4 Å². The average Bonchev–Trinajstić information content (AvgIpc) is 2.28. The molecule has 6 heteroatoms. The smallest absolute Gasteiger partial charge is 0.237 e. The Balaban J connectivity index is 0.00000324. The van der Waals surface area contributed by atoms with E-state index in [9.17, 15) is 9.59 Å². The summed E-state index contributed by atoms with van der Waals surface area (Å²) >= 11 is 0. The maximum atomic E-state index is 11.5. The van der Waals surface area contributed by atoms with Gasteiger partial charge in [0.25, 0.3) is 0 Å². The lowest BCUT2D eigenvalue weighted by molar-refractivity contribution is -0.122. The predicted molar refractivity (Wildman–Crippen MR) is 78.2 cm³/mol. The molecule has 0 spiro atoms. The molecule has 0 bridgehead atoms. The van der Waals surface area contributed by atoms with Crippen molar-refractivity contribution in [2.75, 3.05) is 5.32 Å². The maximum absolute atomic E-state index is 11.5. The zero-order chi connectivity index (χ0) is 13.7. The molecule has 0 saturated heterocycles. The van der Waals surface area contributed by atoms with Crippen LogP contribution in [-0.2, 0) is 9.59 Å². The first-order valence-corrected chi connectivity index (χ1v) is 5.83. The number of anilines is 1. The Morgan fingerprint density at radius 1 is 1.26 bits per heavy atom. The van der Waals surface area contributed by atoms with E-state index in [-0.39, 0.29) is 30.3 Å². The number of nitrogens with one attached hydrogen (secondary N) is 2. The summed E-state index contributed by atoms with van der Waals surface area (Å²) in [5.41, 5.74) is 7.11. The summed E-state index contributed by atoms with van der Waals surface area (Å²) in [6.45, 7) is 4.96. The third-order valence-electron chi connectivity index (χ3n) is 2.48. The first-order valence-electron chi connectivity index (χ1n) is 5.83. The molecule has 0 fully saturated rings. The van der Waals surface area contributed by atoms with Crippen molar-refractivity contribution in [3.8, 4) is 0 Å². The van der Waals surface area contributed by atoms with Crippen LogP contribution in [0.1, 0.15) is 32.4 Å². The minimum Gasteiger partial charge on any atom is -0.348 e. The number of benzene rings is 1. The number of amides is 2. The first kappa shape index (κ1) is 17.4. The van der Waals surface area contributed by atoms with Crippen LogP contribution in [0.15, 0.2) is 24.3 Å². The number of rotatable bonds is 4. The molecule has 0 heterocycles. The van der Waals surface area contributed by atoms with Gasteiger partial charge in [0.05, 0.1) is 12.1 Å². The third kappa shape index (κ3) is 5.72. The Morgan fingerprint density at radius 3 is 2.42 bits per heavy atom. The molecule has 1 rings (SSSR count). The van der Waals surface area contributed by atoms with Gasteiger partial charge in [-0.15, -0.1) is 12.4 Å². The SMILES string of the molecule is CC(=O)Nc1cccc(C(C)NC(=O)[C@@H](C)N)c1.Cl. The predicted octanol–water partition coefficient (Wildman–Crippen LogP) is 1.59. The van der Waals surface area contributed by atoms with Crippen molar-refractivity contribution in [1.82, 2.24) is 5.32 Å². The van der Waals surface area contributed by atoms with Crippen LogP contribution in [0, 0.1) is 0 Å². The quantitative estimate of drug-likeness (QED) is 0.785. The van der Waals surface area contributed by atoms with Crippen LogP contribution in [-0.4, -0.2) is 17.9 Å². The van der Waals surface area contributed by atoms with Crippen molar-refractivity contribution in [3.63, 3.8) is 0 Å². The second-order valence-electron chi connectivity index (χ2n) is 4.33. The van der Waals surface area contributed by atoms with E-state index in [1.54, 1.807) is 13.0 Å². The highest BCUT2D eigenvalue weighted by atomic mass is 35.5. The molecular formula is C13H20ClN3O2. The lowest BCUT2D eigenvalue weighted by Crippen LogP contribution is -2.39. The van der Waals surface area contributed by atoms with Crippen molar-refractivity contribution in [3.05, 3.63) is 29.8 Å². The Labute approximate surface area is 119 Å². The normalized spacial score (nSPS) is 12.8. The van der Waals surface area contributed by atoms with Gasteiger partial charge in [0.2, 0.25) is 11.8 Å². The van der Waals surface area contributed by atoms with E-state index in [0.717, 1.165) is 5.56 Å². The van der Waals surface area contributed by atoms with Crippen molar-refractivity contribution in [1.29, 1.82) is 0 Å². The van der Waals surface area contributed by atoms with Gasteiger partial charge in [-0.05, 0) is 31.5 Å². The van der Waals surface area contributed by atoms with Gasteiger partial charge in [-0.2, -0.15) is 0 Å². The first-order chi connectivity index (χ1) is 8.40. The van der Waals surface area contributed by atoms with Gasteiger partial charge in [-0.1, -0.05) is 12.1 Å². The molecule has 0 aromatic heterocycles. The van der Waals surface area contributed by atoms with Gasteiger partial charge >= 0.3 is 0 Å². The number of carbonyl (C=O) groups excluding carboxylic acids is 2. The summed E-state index contributed by atoms with van der Waals surface area (Å²) < 4.78 is 0. The molecule has 1 unspecified atom stereocenters. The number of hydrogen-bond acceptors (Lipinski definition) is 3. The summed E-state index contributed by atoms with van der Waals surface area (Å²) in [5.74, 6) is -0.327. The van der Waals surface area contributed by atoms with Crippen molar-refractivity contribution in [2.24, 2.45) is 5.73 Å². The second-order valence-corrected chi connectivity index (χ2v) is 4.33. The van der Waals surface area contributed by atoms with E-state index < -0.39 is 6.04 Å². The molecule has 106 valence electrons. The van der Waals surface area contributed by atoms with Crippen LogP contribution in [0.5, 0.6) is 0 Å². The molecule has 19 heavy (non-hydrogen) atoms. The monoisotopic (exact) mass is 285 g/mol. The van der Waals surface area contributed by atoms with E-state index >= 15 is 0 Å². The molecule has 5 nitrogen and oxygen atoms in total. The Bertz CT molecular complexity index is 449. The highest BCUT2D eigenvalue weighted by Crippen LogP contribution is 2.17. The summed E-state index contributed by atoms with van der Waals surface area (Å²) in [5, 5.41) is 5.50. The molecule has 2 atom stereocenters. The molecule has 4 N–H and O–H groups in total. The van der Waals surface area contributed by atoms with E-state index in [4.69, 9.17) is 5.73 Å². The fourth-order valence-corrected chi connectivity index (χ4v) is 1.52. The number of carbonyl (C=O) groups is 2.